The molecule has 0 atom stereocenters. The van der Waals surface area contributed by atoms with Gasteiger partial charge in [0, 0.05) is 16.2 Å². The van der Waals surface area contributed by atoms with Crippen LogP contribution in [0.15, 0.2) is 23.1 Å². The maximum Gasteiger partial charge on any atom is 0.150 e. The van der Waals surface area contributed by atoms with Gasteiger partial charge in [0.1, 0.15) is 12.0 Å². The Bertz CT molecular complexity index is 439. The van der Waals surface area contributed by atoms with Crippen molar-refractivity contribution in [2.45, 2.75) is 56.8 Å². The summed E-state index contributed by atoms with van der Waals surface area (Å²) < 4.78 is 5.75. The van der Waals surface area contributed by atoms with Gasteiger partial charge in [-0.1, -0.05) is 32.6 Å². The molecule has 21 heavy (non-hydrogen) atoms. The van der Waals surface area contributed by atoms with E-state index >= 15 is 0 Å². The van der Waals surface area contributed by atoms with Crippen LogP contribution in [0.3, 0.4) is 0 Å². The van der Waals surface area contributed by atoms with E-state index in [-0.39, 0.29) is 0 Å². The second-order valence-electron chi connectivity index (χ2n) is 5.87. The first-order valence-electron chi connectivity index (χ1n) is 8.17. The van der Waals surface area contributed by atoms with E-state index in [1.54, 1.807) is 0 Å². The first-order chi connectivity index (χ1) is 10.3. The Hall–Kier alpha value is -0.960. The summed E-state index contributed by atoms with van der Waals surface area (Å²) in [7, 11) is 0. The smallest absolute Gasteiger partial charge is 0.150 e. The molecule has 0 amide bonds. The molecular formula is C18H26O2S. The molecule has 0 unspecified atom stereocenters. The van der Waals surface area contributed by atoms with Crippen LogP contribution in [0.1, 0.15) is 62.2 Å². The number of carbonyl (C=O) groups excluding carboxylic acids is 1. The van der Waals surface area contributed by atoms with Gasteiger partial charge in [0.05, 0.1) is 6.61 Å². The van der Waals surface area contributed by atoms with E-state index in [2.05, 4.69) is 13.0 Å². The summed E-state index contributed by atoms with van der Waals surface area (Å²) in [6, 6.07) is 5.90. The first-order valence-corrected chi connectivity index (χ1v) is 9.16. The van der Waals surface area contributed by atoms with Crippen molar-refractivity contribution in [2.24, 2.45) is 5.92 Å². The largest absolute Gasteiger partial charge is 0.494 e. The Morgan fingerprint density at radius 2 is 2.05 bits per heavy atom. The lowest BCUT2D eigenvalue weighted by atomic mass is 9.91. The van der Waals surface area contributed by atoms with Crippen molar-refractivity contribution >= 4 is 18.0 Å². The van der Waals surface area contributed by atoms with Crippen molar-refractivity contribution in [3.05, 3.63) is 23.8 Å². The van der Waals surface area contributed by atoms with Crippen molar-refractivity contribution in [1.29, 1.82) is 0 Å². The second kappa shape index (κ2) is 9.14. The van der Waals surface area contributed by atoms with Crippen molar-refractivity contribution in [1.82, 2.24) is 0 Å². The normalized spacial score (nSPS) is 15.9. The third-order valence-electron chi connectivity index (χ3n) is 4.02. The number of unbranched alkanes of at least 4 members (excludes halogenated alkanes) is 1. The minimum absolute atomic E-state index is 0.718. The Morgan fingerprint density at radius 3 is 2.76 bits per heavy atom. The molecule has 0 aliphatic heterocycles. The van der Waals surface area contributed by atoms with Gasteiger partial charge < -0.3 is 4.74 Å². The minimum atomic E-state index is 0.718. The monoisotopic (exact) mass is 306 g/mol. The third-order valence-corrected chi connectivity index (χ3v) is 5.22. The first kappa shape index (κ1) is 16.4. The molecule has 3 heteroatoms. The summed E-state index contributed by atoms with van der Waals surface area (Å²) in [6.07, 6.45) is 9.97. The lowest BCUT2D eigenvalue weighted by molar-refractivity contribution is 0.112. The number of thioether (sulfide) groups is 1. The minimum Gasteiger partial charge on any atom is -0.494 e. The highest BCUT2D eigenvalue weighted by Gasteiger charge is 2.14. The number of hydrogen-bond acceptors (Lipinski definition) is 3. The van der Waals surface area contributed by atoms with Crippen LogP contribution < -0.4 is 4.74 Å². The fourth-order valence-electron chi connectivity index (χ4n) is 2.73. The molecule has 1 aliphatic rings. The summed E-state index contributed by atoms with van der Waals surface area (Å²) in [5.41, 5.74) is 0.718. The molecule has 0 spiro atoms. The van der Waals surface area contributed by atoms with Crippen molar-refractivity contribution in [3.8, 4) is 5.75 Å². The highest BCUT2D eigenvalue weighted by molar-refractivity contribution is 7.99. The molecule has 0 radical (unpaired) electrons. The van der Waals surface area contributed by atoms with E-state index in [1.165, 1.54) is 32.1 Å². The molecule has 2 rings (SSSR count). The molecule has 0 N–H and O–H groups in total. The highest BCUT2D eigenvalue weighted by atomic mass is 32.2. The average Bonchev–Trinajstić information content (AvgIpc) is 2.54. The summed E-state index contributed by atoms with van der Waals surface area (Å²) >= 11 is 1.87. The maximum absolute atomic E-state index is 11.1. The molecule has 1 saturated carbocycles. The third kappa shape index (κ3) is 5.74. The van der Waals surface area contributed by atoms with E-state index in [1.807, 2.05) is 23.9 Å². The van der Waals surface area contributed by atoms with Gasteiger partial charge in [0.2, 0.25) is 0 Å². The van der Waals surface area contributed by atoms with Gasteiger partial charge in [-0.05, 0) is 43.4 Å². The van der Waals surface area contributed by atoms with Crippen LogP contribution in [0.25, 0.3) is 0 Å². The van der Waals surface area contributed by atoms with E-state index in [9.17, 15) is 4.79 Å². The van der Waals surface area contributed by atoms with Gasteiger partial charge in [-0.25, -0.2) is 0 Å². The molecule has 0 saturated heterocycles. The van der Waals surface area contributed by atoms with E-state index < -0.39 is 0 Å². The molecule has 2 nitrogen and oxygen atoms in total. The van der Waals surface area contributed by atoms with Crippen LogP contribution in [0.4, 0.5) is 0 Å². The van der Waals surface area contributed by atoms with Crippen LogP contribution >= 0.6 is 11.8 Å². The van der Waals surface area contributed by atoms with Crippen LogP contribution in [0, 0.1) is 5.92 Å². The van der Waals surface area contributed by atoms with Crippen LogP contribution in [0.2, 0.25) is 0 Å². The number of carbonyl (C=O) groups is 1. The highest BCUT2D eigenvalue weighted by Crippen LogP contribution is 2.31. The second-order valence-corrected chi connectivity index (χ2v) is 6.97. The van der Waals surface area contributed by atoms with E-state index in [4.69, 9.17) is 4.74 Å². The molecular weight excluding hydrogens is 280 g/mol. The quantitative estimate of drug-likeness (QED) is 0.368. The zero-order chi connectivity index (χ0) is 14.9. The summed E-state index contributed by atoms with van der Waals surface area (Å²) in [4.78, 5) is 12.2. The van der Waals surface area contributed by atoms with E-state index in [0.29, 0.717) is 0 Å². The Morgan fingerprint density at radius 1 is 1.24 bits per heavy atom. The Kier molecular flexibility index (Phi) is 7.14. The van der Waals surface area contributed by atoms with Crippen molar-refractivity contribution in [3.63, 3.8) is 0 Å². The van der Waals surface area contributed by atoms with Crippen LogP contribution in [-0.2, 0) is 0 Å². The lowest BCUT2D eigenvalue weighted by Gasteiger charge is -2.21. The van der Waals surface area contributed by atoms with Gasteiger partial charge in [0.25, 0.3) is 0 Å². The topological polar surface area (TPSA) is 26.3 Å². The SMILES string of the molecule is CCCCOc1cc(C=O)cc(SCC2CCCCC2)c1. The summed E-state index contributed by atoms with van der Waals surface area (Å²) in [6.45, 7) is 2.88. The van der Waals surface area contributed by atoms with Gasteiger partial charge >= 0.3 is 0 Å². The van der Waals surface area contributed by atoms with Crippen LogP contribution in [-0.4, -0.2) is 18.6 Å². The van der Waals surface area contributed by atoms with Gasteiger partial charge in [-0.3, -0.25) is 4.79 Å². The zero-order valence-corrected chi connectivity index (χ0v) is 13.8. The molecule has 1 aliphatic carbocycles. The van der Waals surface area contributed by atoms with Crippen molar-refractivity contribution < 1.29 is 9.53 Å². The van der Waals surface area contributed by atoms with E-state index in [0.717, 1.165) is 53.6 Å². The average molecular weight is 306 g/mol. The lowest BCUT2D eigenvalue weighted by Crippen LogP contribution is -2.08. The van der Waals surface area contributed by atoms with Gasteiger partial charge in [0.15, 0.2) is 0 Å². The fourth-order valence-corrected chi connectivity index (χ4v) is 3.91. The number of hydrogen-bond donors (Lipinski definition) is 0. The molecule has 1 fully saturated rings. The number of aldehydes is 1. The maximum atomic E-state index is 11.1. The fraction of sp³-hybridized carbons (Fsp3) is 0.611. The van der Waals surface area contributed by atoms with Gasteiger partial charge in [-0.15, -0.1) is 11.8 Å². The molecule has 1 aromatic rings. The Balaban J connectivity index is 1.93. The number of rotatable bonds is 8. The standard InChI is InChI=1S/C18H26O2S/c1-2-3-9-20-17-10-16(13-19)11-18(12-17)21-14-15-7-5-4-6-8-15/h10-13,15H,2-9,14H2,1H3. The van der Waals surface area contributed by atoms with Gasteiger partial charge in [-0.2, -0.15) is 0 Å². The Labute approximate surface area is 132 Å². The molecule has 1 aromatic carbocycles. The predicted octanol–water partition coefficient (Wildman–Crippen LogP) is 5.35. The molecule has 0 heterocycles. The predicted molar refractivity (Wildman–Crippen MR) is 89.5 cm³/mol. The molecule has 0 bridgehead atoms. The summed E-state index contributed by atoms with van der Waals surface area (Å²) in [5.74, 6) is 2.84. The van der Waals surface area contributed by atoms with Crippen LogP contribution in [0.5, 0.6) is 5.75 Å². The summed E-state index contributed by atoms with van der Waals surface area (Å²) in [5, 5.41) is 0. The zero-order valence-electron chi connectivity index (χ0n) is 13.0. The number of ether oxygens (including phenoxy) is 1. The number of benzene rings is 1. The molecule has 116 valence electrons. The van der Waals surface area contributed by atoms with Crippen molar-refractivity contribution in [2.75, 3.05) is 12.4 Å². The molecule has 0 aromatic heterocycles.